The SMILES string of the molecule is COc1ccc(CN(C)CC(C)C(N)=S)cc1F. The van der Waals surface area contributed by atoms with Crippen LogP contribution in [0.15, 0.2) is 18.2 Å². The van der Waals surface area contributed by atoms with Crippen LogP contribution in [0.3, 0.4) is 0 Å². The summed E-state index contributed by atoms with van der Waals surface area (Å²) in [5.41, 5.74) is 6.46. The van der Waals surface area contributed by atoms with E-state index in [2.05, 4.69) is 4.90 Å². The van der Waals surface area contributed by atoms with Gasteiger partial charge in [0.1, 0.15) is 0 Å². The van der Waals surface area contributed by atoms with Crippen LogP contribution >= 0.6 is 12.2 Å². The Morgan fingerprint density at radius 3 is 2.72 bits per heavy atom. The lowest BCUT2D eigenvalue weighted by molar-refractivity contribution is 0.306. The Bertz CT molecular complexity index is 425. The molecule has 0 fully saturated rings. The lowest BCUT2D eigenvalue weighted by Crippen LogP contribution is -2.31. The normalized spacial score (nSPS) is 12.5. The number of hydrogen-bond acceptors (Lipinski definition) is 3. The molecule has 0 aliphatic heterocycles. The standard InChI is InChI=1S/C13H19FN2OS/c1-9(13(15)18)7-16(2)8-10-4-5-12(17-3)11(14)6-10/h4-6,9H,7-8H2,1-3H3,(H2,15,18). The third-order valence-corrected chi connectivity index (χ3v) is 3.14. The van der Waals surface area contributed by atoms with Crippen LogP contribution in [0, 0.1) is 11.7 Å². The maximum Gasteiger partial charge on any atom is 0.165 e. The molecule has 0 heterocycles. The van der Waals surface area contributed by atoms with Gasteiger partial charge in [0.15, 0.2) is 11.6 Å². The summed E-state index contributed by atoms with van der Waals surface area (Å²) >= 11 is 4.93. The number of benzene rings is 1. The van der Waals surface area contributed by atoms with E-state index in [9.17, 15) is 4.39 Å². The zero-order chi connectivity index (χ0) is 13.7. The van der Waals surface area contributed by atoms with Crippen LogP contribution in [0.1, 0.15) is 12.5 Å². The molecule has 2 N–H and O–H groups in total. The molecule has 1 aromatic carbocycles. The summed E-state index contributed by atoms with van der Waals surface area (Å²) in [6.45, 7) is 3.38. The highest BCUT2D eigenvalue weighted by molar-refractivity contribution is 7.80. The van der Waals surface area contributed by atoms with Crippen LogP contribution in [0.25, 0.3) is 0 Å². The van der Waals surface area contributed by atoms with Crippen molar-refractivity contribution in [1.29, 1.82) is 0 Å². The first kappa shape index (κ1) is 14.9. The van der Waals surface area contributed by atoms with Gasteiger partial charge in [0.25, 0.3) is 0 Å². The fraction of sp³-hybridized carbons (Fsp3) is 0.462. The molecule has 1 atom stereocenters. The second-order valence-corrected chi connectivity index (χ2v) is 4.94. The Balaban J connectivity index is 2.62. The number of nitrogens with two attached hydrogens (primary N) is 1. The average molecular weight is 270 g/mol. The Morgan fingerprint density at radius 1 is 1.56 bits per heavy atom. The van der Waals surface area contributed by atoms with Gasteiger partial charge in [0, 0.05) is 19.0 Å². The second-order valence-electron chi connectivity index (χ2n) is 4.47. The zero-order valence-corrected chi connectivity index (χ0v) is 11.8. The molecular weight excluding hydrogens is 251 g/mol. The summed E-state index contributed by atoms with van der Waals surface area (Å²) < 4.78 is 18.4. The molecule has 1 unspecified atom stereocenters. The Labute approximate surface area is 113 Å². The van der Waals surface area contributed by atoms with Gasteiger partial charge in [-0.25, -0.2) is 4.39 Å². The second kappa shape index (κ2) is 6.66. The third-order valence-electron chi connectivity index (χ3n) is 2.74. The highest BCUT2D eigenvalue weighted by Crippen LogP contribution is 2.18. The van der Waals surface area contributed by atoms with Crippen molar-refractivity contribution >= 4 is 17.2 Å². The fourth-order valence-electron chi connectivity index (χ4n) is 1.74. The number of hydrogen-bond donors (Lipinski definition) is 1. The molecule has 0 aliphatic rings. The number of ether oxygens (including phenoxy) is 1. The molecule has 0 aromatic heterocycles. The van der Waals surface area contributed by atoms with E-state index < -0.39 is 0 Å². The van der Waals surface area contributed by atoms with Gasteiger partial charge in [0.05, 0.1) is 12.1 Å². The van der Waals surface area contributed by atoms with Crippen molar-refractivity contribution in [2.24, 2.45) is 11.7 Å². The number of thiocarbonyl (C=S) groups is 1. The summed E-state index contributed by atoms with van der Waals surface area (Å²) in [4.78, 5) is 2.56. The van der Waals surface area contributed by atoms with Crippen LogP contribution in [0.4, 0.5) is 4.39 Å². The van der Waals surface area contributed by atoms with E-state index in [1.165, 1.54) is 13.2 Å². The van der Waals surface area contributed by atoms with Gasteiger partial charge in [0.2, 0.25) is 0 Å². The topological polar surface area (TPSA) is 38.5 Å². The molecule has 0 amide bonds. The minimum Gasteiger partial charge on any atom is -0.494 e. The molecule has 0 spiro atoms. The minimum absolute atomic E-state index is 0.146. The number of methoxy groups -OCH3 is 1. The maximum atomic E-state index is 13.5. The molecule has 1 aromatic rings. The highest BCUT2D eigenvalue weighted by Gasteiger charge is 2.10. The monoisotopic (exact) mass is 270 g/mol. The Hall–Kier alpha value is -1.20. The summed E-state index contributed by atoms with van der Waals surface area (Å²) in [5, 5.41) is 0. The quantitative estimate of drug-likeness (QED) is 0.804. The Kier molecular flexibility index (Phi) is 5.50. The van der Waals surface area contributed by atoms with E-state index in [1.54, 1.807) is 6.07 Å². The first-order valence-electron chi connectivity index (χ1n) is 5.74. The molecule has 0 aliphatic carbocycles. The van der Waals surface area contributed by atoms with Crippen molar-refractivity contribution in [1.82, 2.24) is 4.90 Å². The maximum absolute atomic E-state index is 13.5. The molecule has 0 bridgehead atoms. The van der Waals surface area contributed by atoms with Crippen molar-refractivity contribution in [3.05, 3.63) is 29.6 Å². The summed E-state index contributed by atoms with van der Waals surface area (Å²) in [5.74, 6) is 0.0665. The number of nitrogens with zero attached hydrogens (tertiary/aromatic N) is 1. The smallest absolute Gasteiger partial charge is 0.165 e. The van der Waals surface area contributed by atoms with E-state index in [1.807, 2.05) is 20.0 Å². The zero-order valence-electron chi connectivity index (χ0n) is 10.9. The fourth-order valence-corrected chi connectivity index (χ4v) is 1.82. The summed E-state index contributed by atoms with van der Waals surface area (Å²) in [7, 11) is 3.41. The molecule has 0 radical (unpaired) electrons. The molecular formula is C13H19FN2OS. The molecule has 1 rings (SSSR count). The average Bonchev–Trinajstić information content (AvgIpc) is 2.28. The lowest BCUT2D eigenvalue weighted by atomic mass is 10.1. The molecule has 5 heteroatoms. The third kappa shape index (κ3) is 4.23. The van der Waals surface area contributed by atoms with Crippen LogP contribution in [0.2, 0.25) is 0 Å². The number of halogens is 1. The molecule has 0 saturated heterocycles. The van der Waals surface area contributed by atoms with Gasteiger partial charge in [-0.2, -0.15) is 0 Å². The minimum atomic E-state index is -0.342. The van der Waals surface area contributed by atoms with Crippen molar-refractivity contribution in [2.75, 3.05) is 20.7 Å². The van der Waals surface area contributed by atoms with Gasteiger partial charge >= 0.3 is 0 Å². The van der Waals surface area contributed by atoms with Crippen molar-refractivity contribution in [3.63, 3.8) is 0 Å². The van der Waals surface area contributed by atoms with Gasteiger partial charge in [-0.3, -0.25) is 0 Å². The van der Waals surface area contributed by atoms with E-state index in [0.29, 0.717) is 11.5 Å². The molecule has 3 nitrogen and oxygen atoms in total. The van der Waals surface area contributed by atoms with Crippen molar-refractivity contribution < 1.29 is 9.13 Å². The van der Waals surface area contributed by atoms with E-state index >= 15 is 0 Å². The summed E-state index contributed by atoms with van der Waals surface area (Å²) in [6, 6.07) is 4.97. The van der Waals surface area contributed by atoms with Crippen molar-refractivity contribution in [2.45, 2.75) is 13.5 Å². The van der Waals surface area contributed by atoms with Crippen LogP contribution in [-0.2, 0) is 6.54 Å². The predicted octanol–water partition coefficient (Wildman–Crippen LogP) is 2.19. The molecule has 100 valence electrons. The van der Waals surface area contributed by atoms with Gasteiger partial charge < -0.3 is 15.4 Å². The highest BCUT2D eigenvalue weighted by atomic mass is 32.1. The molecule has 0 saturated carbocycles. The first-order chi connectivity index (χ1) is 8.43. The molecule has 18 heavy (non-hydrogen) atoms. The van der Waals surface area contributed by atoms with Crippen LogP contribution < -0.4 is 10.5 Å². The lowest BCUT2D eigenvalue weighted by Gasteiger charge is -2.20. The van der Waals surface area contributed by atoms with Crippen molar-refractivity contribution in [3.8, 4) is 5.75 Å². The number of rotatable bonds is 6. The van der Waals surface area contributed by atoms with E-state index in [-0.39, 0.29) is 17.5 Å². The van der Waals surface area contributed by atoms with Crippen LogP contribution in [0.5, 0.6) is 5.75 Å². The van der Waals surface area contributed by atoms with E-state index in [0.717, 1.165) is 12.1 Å². The Morgan fingerprint density at radius 2 is 2.22 bits per heavy atom. The van der Waals surface area contributed by atoms with Gasteiger partial charge in [-0.05, 0) is 24.7 Å². The van der Waals surface area contributed by atoms with Gasteiger partial charge in [-0.15, -0.1) is 0 Å². The summed E-state index contributed by atoms with van der Waals surface area (Å²) in [6.07, 6.45) is 0. The van der Waals surface area contributed by atoms with Crippen LogP contribution in [-0.4, -0.2) is 30.6 Å². The largest absolute Gasteiger partial charge is 0.494 e. The first-order valence-corrected chi connectivity index (χ1v) is 6.15. The van der Waals surface area contributed by atoms with Gasteiger partial charge in [-0.1, -0.05) is 25.2 Å². The van der Waals surface area contributed by atoms with E-state index in [4.69, 9.17) is 22.7 Å². The predicted molar refractivity (Wildman–Crippen MR) is 75.2 cm³/mol.